The van der Waals surface area contributed by atoms with Crippen molar-refractivity contribution in [2.24, 2.45) is 0 Å². The van der Waals surface area contributed by atoms with Gasteiger partial charge in [0.2, 0.25) is 5.91 Å². The summed E-state index contributed by atoms with van der Waals surface area (Å²) in [5.41, 5.74) is 3.79. The van der Waals surface area contributed by atoms with E-state index in [0.717, 1.165) is 22.6 Å². The van der Waals surface area contributed by atoms with E-state index in [1.54, 1.807) is 12.1 Å². The third-order valence-corrected chi connectivity index (χ3v) is 4.24. The van der Waals surface area contributed by atoms with Crippen LogP contribution in [0.1, 0.15) is 28.2 Å². The Bertz CT molecular complexity index is 1010. The molecule has 0 unspecified atom stereocenters. The lowest BCUT2D eigenvalue weighted by atomic mass is 10.00. The molecule has 0 spiro atoms. The minimum absolute atomic E-state index is 0.00808. The van der Waals surface area contributed by atoms with Crippen LogP contribution in [0.4, 0.5) is 11.4 Å². The maximum atomic E-state index is 12.6. The van der Waals surface area contributed by atoms with Crippen molar-refractivity contribution in [3.05, 3.63) is 59.4 Å². The van der Waals surface area contributed by atoms with Gasteiger partial charge in [0.25, 0.3) is 5.91 Å². The molecule has 3 N–H and O–H groups in total. The molecule has 7 heteroatoms. The van der Waals surface area contributed by atoms with Crippen LogP contribution in [0.15, 0.2) is 42.5 Å². The van der Waals surface area contributed by atoms with Gasteiger partial charge in [0, 0.05) is 28.9 Å². The van der Waals surface area contributed by atoms with Gasteiger partial charge in [-0.15, -0.1) is 0 Å². The van der Waals surface area contributed by atoms with Crippen LogP contribution in [0.5, 0.6) is 0 Å². The third kappa shape index (κ3) is 3.19. The smallest absolute Gasteiger partial charge is 0.255 e. The first-order valence-corrected chi connectivity index (χ1v) is 8.32. The van der Waals surface area contributed by atoms with Gasteiger partial charge in [-0.2, -0.15) is 5.10 Å². The lowest BCUT2D eigenvalue weighted by molar-refractivity contribution is -0.116. The maximum absolute atomic E-state index is 12.6. The van der Waals surface area contributed by atoms with Gasteiger partial charge in [0.15, 0.2) is 5.82 Å². The Balaban J connectivity index is 1.54. The summed E-state index contributed by atoms with van der Waals surface area (Å²) in [7, 11) is 0. The molecule has 0 saturated heterocycles. The Labute approximate surface area is 149 Å². The molecule has 0 saturated carbocycles. The fraction of sp³-hybridized carbons (Fsp3) is 0.158. The molecule has 0 aliphatic carbocycles. The topological polar surface area (TPSA) is 99.8 Å². The summed E-state index contributed by atoms with van der Waals surface area (Å²) in [5, 5.41) is 12.7. The van der Waals surface area contributed by atoms with Crippen LogP contribution in [0, 0.1) is 6.92 Å². The molecule has 2 amide bonds. The maximum Gasteiger partial charge on any atom is 0.255 e. The van der Waals surface area contributed by atoms with Gasteiger partial charge in [0.1, 0.15) is 5.82 Å². The second-order valence-electron chi connectivity index (χ2n) is 6.20. The Kier molecular flexibility index (Phi) is 3.96. The summed E-state index contributed by atoms with van der Waals surface area (Å²) >= 11 is 0. The molecule has 2 heterocycles. The first-order chi connectivity index (χ1) is 12.6. The van der Waals surface area contributed by atoms with E-state index in [1.807, 2.05) is 37.3 Å². The Hall–Kier alpha value is -3.48. The van der Waals surface area contributed by atoms with Gasteiger partial charge in [-0.25, -0.2) is 4.98 Å². The first kappa shape index (κ1) is 16.0. The number of fused-ring (bicyclic) bond motifs is 1. The highest BCUT2D eigenvalue weighted by Gasteiger charge is 2.17. The molecule has 0 bridgehead atoms. The number of hydrogen-bond donors (Lipinski definition) is 3. The molecular formula is C19H17N5O2. The number of carbonyl (C=O) groups is 2. The largest absolute Gasteiger partial charge is 0.326 e. The molecule has 1 aliphatic rings. The van der Waals surface area contributed by atoms with Crippen molar-refractivity contribution >= 4 is 23.2 Å². The molecule has 26 heavy (non-hydrogen) atoms. The standard InChI is InChI=1S/C19H17N5O2/c1-11-20-18(24-23-11)13-3-2-4-15(10-13)21-19(26)14-5-7-16-12(9-14)6-8-17(25)22-16/h2-5,7,9-10H,6,8H2,1H3,(H,21,26)(H,22,25)(H,20,23,24). The minimum Gasteiger partial charge on any atom is -0.326 e. The zero-order chi connectivity index (χ0) is 18.1. The molecule has 7 nitrogen and oxygen atoms in total. The van der Waals surface area contributed by atoms with Gasteiger partial charge >= 0.3 is 0 Å². The molecule has 0 radical (unpaired) electrons. The van der Waals surface area contributed by atoms with Crippen LogP contribution in [0.25, 0.3) is 11.4 Å². The van der Waals surface area contributed by atoms with E-state index in [2.05, 4.69) is 25.8 Å². The summed E-state index contributed by atoms with van der Waals surface area (Å²) in [4.78, 5) is 28.3. The second-order valence-corrected chi connectivity index (χ2v) is 6.20. The van der Waals surface area contributed by atoms with Crippen LogP contribution >= 0.6 is 0 Å². The number of nitrogens with zero attached hydrogens (tertiary/aromatic N) is 2. The predicted octanol–water partition coefficient (Wildman–Crippen LogP) is 2.92. The van der Waals surface area contributed by atoms with E-state index < -0.39 is 0 Å². The number of H-pyrrole nitrogens is 1. The van der Waals surface area contributed by atoms with Crippen molar-refractivity contribution < 1.29 is 9.59 Å². The van der Waals surface area contributed by atoms with Crippen molar-refractivity contribution in [1.29, 1.82) is 0 Å². The zero-order valence-corrected chi connectivity index (χ0v) is 14.2. The number of benzene rings is 2. The molecule has 0 fully saturated rings. The average Bonchev–Trinajstić information content (AvgIpc) is 3.08. The number of amides is 2. The lowest BCUT2D eigenvalue weighted by Gasteiger charge is -2.17. The molecular weight excluding hydrogens is 330 g/mol. The molecule has 2 aromatic carbocycles. The Morgan fingerprint density at radius 2 is 2.04 bits per heavy atom. The molecule has 1 aromatic heterocycles. The summed E-state index contributed by atoms with van der Waals surface area (Å²) in [5.74, 6) is 1.13. The van der Waals surface area contributed by atoms with Crippen molar-refractivity contribution in [2.45, 2.75) is 19.8 Å². The van der Waals surface area contributed by atoms with Crippen LogP contribution < -0.4 is 10.6 Å². The first-order valence-electron chi connectivity index (χ1n) is 8.32. The summed E-state index contributed by atoms with van der Waals surface area (Å²) < 4.78 is 0. The SMILES string of the molecule is Cc1nc(-c2cccc(NC(=O)c3ccc4c(c3)CCC(=O)N4)c2)n[nH]1. The monoisotopic (exact) mass is 347 g/mol. The highest BCUT2D eigenvalue weighted by molar-refractivity contribution is 6.05. The molecule has 0 atom stereocenters. The van der Waals surface area contributed by atoms with E-state index in [0.29, 0.717) is 29.9 Å². The molecule has 1 aliphatic heterocycles. The van der Waals surface area contributed by atoms with E-state index in [-0.39, 0.29) is 11.8 Å². The third-order valence-electron chi connectivity index (χ3n) is 4.24. The number of anilines is 2. The number of rotatable bonds is 3. The van der Waals surface area contributed by atoms with E-state index in [9.17, 15) is 9.59 Å². The fourth-order valence-corrected chi connectivity index (χ4v) is 2.94. The second kappa shape index (κ2) is 6.44. The molecule has 3 aromatic rings. The summed E-state index contributed by atoms with van der Waals surface area (Å²) in [6, 6.07) is 12.7. The normalized spacial score (nSPS) is 13.0. The van der Waals surface area contributed by atoms with E-state index in [1.165, 1.54) is 0 Å². The van der Waals surface area contributed by atoms with Gasteiger partial charge in [-0.05, 0) is 49.2 Å². The fourth-order valence-electron chi connectivity index (χ4n) is 2.94. The van der Waals surface area contributed by atoms with Crippen molar-refractivity contribution in [2.75, 3.05) is 10.6 Å². The number of nitrogens with one attached hydrogen (secondary N) is 3. The van der Waals surface area contributed by atoms with Gasteiger partial charge < -0.3 is 10.6 Å². The van der Waals surface area contributed by atoms with Crippen LogP contribution in [-0.4, -0.2) is 27.0 Å². The number of carbonyl (C=O) groups excluding carboxylic acids is 2. The molecule has 130 valence electrons. The van der Waals surface area contributed by atoms with Crippen molar-refractivity contribution in [3.8, 4) is 11.4 Å². The van der Waals surface area contributed by atoms with Gasteiger partial charge in [0.05, 0.1) is 0 Å². The predicted molar refractivity (Wildman–Crippen MR) is 97.9 cm³/mol. The molecule has 4 rings (SSSR count). The van der Waals surface area contributed by atoms with Crippen molar-refractivity contribution in [1.82, 2.24) is 15.2 Å². The zero-order valence-electron chi connectivity index (χ0n) is 14.2. The summed E-state index contributed by atoms with van der Waals surface area (Å²) in [6.07, 6.45) is 1.08. The number of aromatic nitrogens is 3. The van der Waals surface area contributed by atoms with E-state index in [4.69, 9.17) is 0 Å². The Morgan fingerprint density at radius 3 is 2.85 bits per heavy atom. The van der Waals surface area contributed by atoms with Crippen LogP contribution in [0.3, 0.4) is 0 Å². The number of aromatic amines is 1. The summed E-state index contributed by atoms with van der Waals surface area (Å²) in [6.45, 7) is 1.83. The van der Waals surface area contributed by atoms with Gasteiger partial charge in [-0.3, -0.25) is 14.7 Å². The Morgan fingerprint density at radius 1 is 1.15 bits per heavy atom. The minimum atomic E-state index is -0.201. The lowest BCUT2D eigenvalue weighted by Crippen LogP contribution is -2.20. The number of aryl methyl sites for hydroxylation is 2. The van der Waals surface area contributed by atoms with Crippen LogP contribution in [-0.2, 0) is 11.2 Å². The quantitative estimate of drug-likeness (QED) is 0.678. The van der Waals surface area contributed by atoms with Gasteiger partial charge in [-0.1, -0.05) is 12.1 Å². The van der Waals surface area contributed by atoms with Crippen molar-refractivity contribution in [3.63, 3.8) is 0 Å². The number of hydrogen-bond acceptors (Lipinski definition) is 4. The van der Waals surface area contributed by atoms with E-state index >= 15 is 0 Å². The highest BCUT2D eigenvalue weighted by Crippen LogP contribution is 2.24. The average molecular weight is 347 g/mol. The highest BCUT2D eigenvalue weighted by atomic mass is 16.2. The van der Waals surface area contributed by atoms with Crippen LogP contribution in [0.2, 0.25) is 0 Å².